The molecule has 0 aromatic heterocycles. The number of carbonyl (C=O) groups excluding carboxylic acids is 4. The Kier molecular flexibility index (Phi) is 17.6. The number of hydrogen-bond acceptors (Lipinski definition) is 11. The van der Waals surface area contributed by atoms with Crippen LogP contribution in [0.4, 0.5) is 4.79 Å². The van der Waals surface area contributed by atoms with Gasteiger partial charge in [0.15, 0.2) is 0 Å². The average molecular weight is 546 g/mol. The van der Waals surface area contributed by atoms with E-state index in [1.54, 1.807) is 0 Å². The van der Waals surface area contributed by atoms with E-state index in [1.807, 2.05) is 20.8 Å². The van der Waals surface area contributed by atoms with Gasteiger partial charge in [0.25, 0.3) is 0 Å². The maximum Gasteiger partial charge on any atom is 0.500 e. The largest absolute Gasteiger partial charge is 0.500 e. The number of nitrogens with one attached hydrogen (secondary N) is 1. The molecule has 0 spiro atoms. The Morgan fingerprint density at radius 2 is 1.08 bits per heavy atom. The third-order valence-corrected chi connectivity index (χ3v) is 7.74. The molecule has 0 bridgehead atoms. The fourth-order valence-corrected chi connectivity index (χ4v) is 5.48. The van der Waals surface area contributed by atoms with Gasteiger partial charge in [-0.3, -0.25) is 0 Å². The van der Waals surface area contributed by atoms with Gasteiger partial charge in [0.1, 0.15) is 31.8 Å². The van der Waals surface area contributed by atoms with E-state index in [4.69, 9.17) is 32.2 Å². The Bertz CT molecular complexity index is 695. The van der Waals surface area contributed by atoms with Crippen molar-refractivity contribution in [3.05, 3.63) is 38.0 Å². The Balaban J connectivity index is 5.25. The summed E-state index contributed by atoms with van der Waals surface area (Å²) in [5.74, 6) is -2.32. The first-order valence-electron chi connectivity index (χ1n) is 11.8. The highest BCUT2D eigenvalue weighted by atomic mass is 28.4. The molecular formula is C24H39NO11Si. The lowest BCUT2D eigenvalue weighted by Gasteiger charge is -2.31. The van der Waals surface area contributed by atoms with E-state index in [1.165, 1.54) is 0 Å². The van der Waals surface area contributed by atoms with Crippen molar-refractivity contribution < 1.29 is 51.4 Å². The molecule has 37 heavy (non-hydrogen) atoms. The fourth-order valence-electron chi connectivity index (χ4n) is 2.87. The summed E-state index contributed by atoms with van der Waals surface area (Å²) in [7, 11) is -2.85. The minimum absolute atomic E-state index is 0.232. The second kappa shape index (κ2) is 19.2. The first-order valence-corrected chi connectivity index (χ1v) is 13.8. The summed E-state index contributed by atoms with van der Waals surface area (Å²) in [5.41, 5.74) is -1.41. The van der Waals surface area contributed by atoms with E-state index in [2.05, 4.69) is 25.1 Å². The van der Waals surface area contributed by atoms with Crippen LogP contribution in [0.3, 0.4) is 0 Å². The number of rotatable bonds is 21. The van der Waals surface area contributed by atoms with Crippen LogP contribution < -0.4 is 5.32 Å². The topological polar surface area (TPSA) is 145 Å². The molecule has 0 unspecified atom stereocenters. The number of amides is 1. The van der Waals surface area contributed by atoms with Crippen LogP contribution in [0.15, 0.2) is 38.0 Å². The Morgan fingerprint density at radius 3 is 1.43 bits per heavy atom. The predicted molar refractivity (Wildman–Crippen MR) is 135 cm³/mol. The van der Waals surface area contributed by atoms with E-state index in [0.717, 1.165) is 18.2 Å². The molecule has 0 saturated heterocycles. The molecule has 1 amide bonds. The molecule has 0 heterocycles. The average Bonchev–Trinajstić information content (AvgIpc) is 2.90. The predicted octanol–water partition coefficient (Wildman–Crippen LogP) is 2.33. The van der Waals surface area contributed by atoms with Crippen LogP contribution in [0.25, 0.3) is 0 Å². The number of hydrogen-bond donors (Lipinski definition) is 1. The van der Waals surface area contributed by atoms with Gasteiger partial charge in [-0.05, 0) is 27.2 Å². The highest BCUT2D eigenvalue weighted by molar-refractivity contribution is 6.60. The van der Waals surface area contributed by atoms with Gasteiger partial charge in [0, 0.05) is 50.6 Å². The van der Waals surface area contributed by atoms with Crippen molar-refractivity contribution in [2.75, 3.05) is 52.8 Å². The third-order valence-electron chi connectivity index (χ3n) is 4.59. The minimum atomic E-state index is -2.85. The van der Waals surface area contributed by atoms with Crippen molar-refractivity contribution in [1.29, 1.82) is 0 Å². The third kappa shape index (κ3) is 14.4. The van der Waals surface area contributed by atoms with E-state index in [0.29, 0.717) is 32.3 Å². The second-order valence-electron chi connectivity index (χ2n) is 7.52. The lowest BCUT2D eigenvalue weighted by molar-refractivity contribution is -0.159. The summed E-state index contributed by atoms with van der Waals surface area (Å²) in [5, 5.41) is 2.60. The van der Waals surface area contributed by atoms with Crippen molar-refractivity contribution in [2.24, 2.45) is 5.41 Å². The van der Waals surface area contributed by atoms with Crippen molar-refractivity contribution in [3.8, 4) is 0 Å². The van der Waals surface area contributed by atoms with Gasteiger partial charge in [0.05, 0.1) is 0 Å². The first-order chi connectivity index (χ1) is 17.6. The Morgan fingerprint density at radius 1 is 0.703 bits per heavy atom. The lowest BCUT2D eigenvalue weighted by Crippen LogP contribution is -2.46. The maximum absolute atomic E-state index is 12.4. The van der Waals surface area contributed by atoms with Crippen LogP contribution in [-0.4, -0.2) is 85.6 Å². The highest BCUT2D eigenvalue weighted by Crippen LogP contribution is 2.22. The summed E-state index contributed by atoms with van der Waals surface area (Å²) in [4.78, 5) is 47.3. The van der Waals surface area contributed by atoms with Gasteiger partial charge in [-0.25, -0.2) is 19.2 Å². The second-order valence-corrected chi connectivity index (χ2v) is 10.3. The van der Waals surface area contributed by atoms with Crippen LogP contribution in [-0.2, 0) is 46.6 Å². The smallest absolute Gasteiger partial charge is 0.462 e. The van der Waals surface area contributed by atoms with Gasteiger partial charge in [-0.15, -0.1) is 0 Å². The summed E-state index contributed by atoms with van der Waals surface area (Å²) < 4.78 is 37.9. The van der Waals surface area contributed by atoms with Crippen LogP contribution in [0, 0.1) is 5.41 Å². The van der Waals surface area contributed by atoms with E-state index in [-0.39, 0.29) is 6.54 Å². The molecule has 210 valence electrons. The monoisotopic (exact) mass is 545 g/mol. The number of alkyl carbamates (subject to hydrolysis) is 1. The zero-order valence-electron chi connectivity index (χ0n) is 21.9. The summed E-state index contributed by atoms with van der Waals surface area (Å²) in [6.07, 6.45) is 2.50. The molecule has 12 nitrogen and oxygen atoms in total. The van der Waals surface area contributed by atoms with Crippen molar-refractivity contribution >= 4 is 32.8 Å². The van der Waals surface area contributed by atoms with Crippen LogP contribution in [0.1, 0.15) is 27.2 Å². The molecule has 0 aliphatic rings. The molecule has 0 rings (SSSR count). The zero-order valence-corrected chi connectivity index (χ0v) is 22.9. The fraction of sp³-hybridized carbons (Fsp3) is 0.583. The highest BCUT2D eigenvalue weighted by Gasteiger charge is 2.40. The molecule has 0 saturated carbocycles. The maximum atomic E-state index is 12.4. The summed E-state index contributed by atoms with van der Waals surface area (Å²) >= 11 is 0. The van der Waals surface area contributed by atoms with E-state index >= 15 is 0 Å². The van der Waals surface area contributed by atoms with Crippen LogP contribution >= 0.6 is 0 Å². The van der Waals surface area contributed by atoms with Crippen molar-refractivity contribution in [2.45, 2.75) is 33.2 Å². The number of carbonyl (C=O) groups is 4. The van der Waals surface area contributed by atoms with Gasteiger partial charge >= 0.3 is 32.8 Å². The van der Waals surface area contributed by atoms with Crippen molar-refractivity contribution in [1.82, 2.24) is 5.32 Å². The Hall–Kier alpha value is -3.00. The van der Waals surface area contributed by atoms with E-state index < -0.39 is 64.6 Å². The molecule has 0 aliphatic heterocycles. The SMILES string of the molecule is C=CC(=O)OCC(COC(=O)C=C)(COC(=O)C=C)COC(=O)NCCC[Si](OCC)(OCC)OCC. The van der Waals surface area contributed by atoms with Crippen molar-refractivity contribution in [3.63, 3.8) is 0 Å². The van der Waals surface area contributed by atoms with E-state index in [9.17, 15) is 19.2 Å². The first kappa shape index (κ1) is 34.0. The molecule has 0 radical (unpaired) electrons. The molecule has 0 aliphatic carbocycles. The van der Waals surface area contributed by atoms with Crippen LogP contribution in [0.2, 0.25) is 6.04 Å². The summed E-state index contributed by atoms with van der Waals surface area (Å²) in [6.45, 7) is 15.4. The molecule has 1 N–H and O–H groups in total. The van der Waals surface area contributed by atoms with Gasteiger partial charge in [-0.1, -0.05) is 19.7 Å². The van der Waals surface area contributed by atoms with Gasteiger partial charge in [-0.2, -0.15) is 0 Å². The molecular weight excluding hydrogens is 506 g/mol. The zero-order chi connectivity index (χ0) is 28.2. The van der Waals surface area contributed by atoms with Gasteiger partial charge < -0.3 is 37.5 Å². The number of esters is 3. The lowest BCUT2D eigenvalue weighted by atomic mass is 9.92. The number of ether oxygens (including phenoxy) is 4. The normalized spacial score (nSPS) is 11.1. The van der Waals surface area contributed by atoms with Crippen LogP contribution in [0.5, 0.6) is 0 Å². The molecule has 13 heteroatoms. The minimum Gasteiger partial charge on any atom is -0.462 e. The molecule has 0 aromatic carbocycles. The van der Waals surface area contributed by atoms with Gasteiger partial charge in [0.2, 0.25) is 0 Å². The standard InChI is InChI=1S/C24H39NO11Si/c1-7-20(26)30-16-24(17-31-21(27)8-2,18-32-22(28)9-3)19-33-23(29)25-14-13-15-37(34-10-4,35-11-5)36-12-6/h7-9H,1-3,10-19H2,4-6H3,(H,25,29). The summed E-state index contributed by atoms with van der Waals surface area (Å²) in [6, 6.07) is 0.485. The molecule has 0 aromatic rings. The molecule has 0 atom stereocenters. The Labute approximate surface area is 219 Å². The molecule has 0 fully saturated rings. The quantitative estimate of drug-likeness (QED) is 0.0745.